The summed E-state index contributed by atoms with van der Waals surface area (Å²) in [5.74, 6) is 3.85. The molecular weight excluding hydrogens is 210 g/mol. The van der Waals surface area contributed by atoms with Crippen LogP contribution in [0.5, 0.6) is 5.75 Å². The van der Waals surface area contributed by atoms with Gasteiger partial charge in [0.2, 0.25) is 0 Å². The molecule has 0 radical (unpaired) electrons. The SMILES string of the molecule is COc1cccc(CNC(=O)C(=O)NN)c1. The monoisotopic (exact) mass is 223 g/mol. The molecule has 0 spiro atoms. The minimum atomic E-state index is -0.872. The molecule has 0 fully saturated rings. The first-order chi connectivity index (χ1) is 7.67. The van der Waals surface area contributed by atoms with E-state index in [1.807, 2.05) is 6.07 Å². The van der Waals surface area contributed by atoms with Crippen molar-refractivity contribution in [1.29, 1.82) is 0 Å². The molecular formula is C10H13N3O3. The summed E-state index contributed by atoms with van der Waals surface area (Å²) in [7, 11) is 1.56. The van der Waals surface area contributed by atoms with Crippen molar-refractivity contribution >= 4 is 11.8 Å². The molecule has 1 rings (SSSR count). The minimum absolute atomic E-state index is 0.240. The number of rotatable bonds is 3. The Morgan fingerprint density at radius 3 is 2.75 bits per heavy atom. The standard InChI is InChI=1S/C10H13N3O3/c1-16-8-4-2-3-7(5-8)6-12-9(14)10(15)13-11/h2-5H,6,11H2,1H3,(H,12,14)(H,13,15). The van der Waals surface area contributed by atoms with Gasteiger partial charge in [-0.25, -0.2) is 5.84 Å². The van der Waals surface area contributed by atoms with E-state index in [1.165, 1.54) is 0 Å². The van der Waals surface area contributed by atoms with Gasteiger partial charge in [0.1, 0.15) is 5.75 Å². The van der Waals surface area contributed by atoms with Crippen LogP contribution < -0.4 is 21.3 Å². The predicted octanol–water partition coefficient (Wildman–Crippen LogP) is -0.699. The highest BCUT2D eigenvalue weighted by atomic mass is 16.5. The predicted molar refractivity (Wildman–Crippen MR) is 57.2 cm³/mol. The number of benzene rings is 1. The third-order valence-electron chi connectivity index (χ3n) is 1.92. The van der Waals surface area contributed by atoms with E-state index >= 15 is 0 Å². The molecule has 0 heterocycles. The highest BCUT2D eigenvalue weighted by molar-refractivity contribution is 6.34. The summed E-state index contributed by atoms with van der Waals surface area (Å²) in [6.45, 7) is 0.240. The highest BCUT2D eigenvalue weighted by Crippen LogP contribution is 2.11. The first kappa shape index (κ1) is 12.0. The lowest BCUT2D eigenvalue weighted by molar-refractivity contribution is -0.139. The van der Waals surface area contributed by atoms with Gasteiger partial charge >= 0.3 is 11.8 Å². The van der Waals surface area contributed by atoms with Crippen molar-refractivity contribution < 1.29 is 14.3 Å². The zero-order chi connectivity index (χ0) is 12.0. The Balaban J connectivity index is 2.54. The Morgan fingerprint density at radius 2 is 2.12 bits per heavy atom. The van der Waals surface area contributed by atoms with E-state index in [-0.39, 0.29) is 6.54 Å². The van der Waals surface area contributed by atoms with Gasteiger partial charge in [-0.3, -0.25) is 15.0 Å². The summed E-state index contributed by atoms with van der Waals surface area (Å²) in [4.78, 5) is 21.9. The number of carbonyl (C=O) groups excluding carboxylic acids is 2. The molecule has 16 heavy (non-hydrogen) atoms. The van der Waals surface area contributed by atoms with Gasteiger partial charge in [0.25, 0.3) is 0 Å². The molecule has 86 valence electrons. The van der Waals surface area contributed by atoms with Crippen LogP contribution in [0.4, 0.5) is 0 Å². The van der Waals surface area contributed by atoms with E-state index < -0.39 is 11.8 Å². The zero-order valence-electron chi connectivity index (χ0n) is 8.82. The van der Waals surface area contributed by atoms with Crippen molar-refractivity contribution in [1.82, 2.24) is 10.7 Å². The van der Waals surface area contributed by atoms with Gasteiger partial charge in [0, 0.05) is 6.54 Å². The van der Waals surface area contributed by atoms with Crippen LogP contribution in [0.25, 0.3) is 0 Å². The molecule has 0 saturated heterocycles. The molecule has 0 bridgehead atoms. The molecule has 6 heteroatoms. The second-order valence-electron chi connectivity index (χ2n) is 3.01. The van der Waals surface area contributed by atoms with E-state index in [0.717, 1.165) is 5.56 Å². The maximum Gasteiger partial charge on any atom is 0.323 e. The van der Waals surface area contributed by atoms with Gasteiger partial charge in [-0.1, -0.05) is 12.1 Å². The minimum Gasteiger partial charge on any atom is -0.497 e. The summed E-state index contributed by atoms with van der Waals surface area (Å²) in [5.41, 5.74) is 2.58. The molecule has 1 aromatic carbocycles. The quantitative estimate of drug-likeness (QED) is 0.273. The van der Waals surface area contributed by atoms with Crippen molar-refractivity contribution in [2.75, 3.05) is 7.11 Å². The van der Waals surface area contributed by atoms with Crippen molar-refractivity contribution in [3.63, 3.8) is 0 Å². The maximum absolute atomic E-state index is 11.1. The molecule has 0 saturated carbocycles. The molecule has 1 aromatic rings. The third kappa shape index (κ3) is 3.25. The highest BCUT2D eigenvalue weighted by Gasteiger charge is 2.10. The lowest BCUT2D eigenvalue weighted by Gasteiger charge is -2.05. The van der Waals surface area contributed by atoms with Crippen LogP contribution in [0.1, 0.15) is 5.56 Å². The molecule has 0 atom stereocenters. The number of nitrogens with one attached hydrogen (secondary N) is 2. The zero-order valence-corrected chi connectivity index (χ0v) is 8.82. The lowest BCUT2D eigenvalue weighted by Crippen LogP contribution is -2.42. The van der Waals surface area contributed by atoms with Gasteiger partial charge in [0.15, 0.2) is 0 Å². The number of nitrogens with two attached hydrogens (primary N) is 1. The Hall–Kier alpha value is -2.08. The topological polar surface area (TPSA) is 93.4 Å². The van der Waals surface area contributed by atoms with E-state index in [1.54, 1.807) is 30.7 Å². The van der Waals surface area contributed by atoms with Crippen molar-refractivity contribution in [3.05, 3.63) is 29.8 Å². The first-order valence-corrected chi connectivity index (χ1v) is 4.59. The van der Waals surface area contributed by atoms with Crippen molar-refractivity contribution in [2.24, 2.45) is 5.84 Å². The summed E-state index contributed by atoms with van der Waals surface area (Å²) in [6, 6.07) is 7.16. The number of hydrogen-bond acceptors (Lipinski definition) is 4. The molecule has 0 aromatic heterocycles. The summed E-state index contributed by atoms with van der Waals surface area (Å²) in [5, 5.41) is 2.41. The summed E-state index contributed by atoms with van der Waals surface area (Å²) < 4.78 is 5.02. The van der Waals surface area contributed by atoms with Crippen molar-refractivity contribution in [2.45, 2.75) is 6.54 Å². The Kier molecular flexibility index (Phi) is 4.28. The van der Waals surface area contributed by atoms with E-state index in [4.69, 9.17) is 10.6 Å². The Labute approximate surface area is 92.7 Å². The van der Waals surface area contributed by atoms with Gasteiger partial charge in [0.05, 0.1) is 7.11 Å². The fourth-order valence-electron chi connectivity index (χ4n) is 1.11. The largest absolute Gasteiger partial charge is 0.497 e. The number of methoxy groups -OCH3 is 1. The van der Waals surface area contributed by atoms with E-state index in [2.05, 4.69) is 5.32 Å². The average molecular weight is 223 g/mol. The third-order valence-corrected chi connectivity index (χ3v) is 1.92. The molecule has 2 amide bonds. The number of hydrogen-bond donors (Lipinski definition) is 3. The smallest absolute Gasteiger partial charge is 0.323 e. The van der Waals surface area contributed by atoms with Gasteiger partial charge < -0.3 is 10.1 Å². The van der Waals surface area contributed by atoms with Crippen LogP contribution in [0.2, 0.25) is 0 Å². The first-order valence-electron chi connectivity index (χ1n) is 4.59. The summed E-state index contributed by atoms with van der Waals surface area (Å²) >= 11 is 0. The van der Waals surface area contributed by atoms with Gasteiger partial charge in [-0.05, 0) is 17.7 Å². The molecule has 4 N–H and O–H groups in total. The molecule has 0 unspecified atom stereocenters. The summed E-state index contributed by atoms with van der Waals surface area (Å²) in [6.07, 6.45) is 0. The van der Waals surface area contributed by atoms with E-state index in [0.29, 0.717) is 5.75 Å². The molecule has 0 aliphatic carbocycles. The van der Waals surface area contributed by atoms with Crippen LogP contribution >= 0.6 is 0 Å². The van der Waals surface area contributed by atoms with E-state index in [9.17, 15) is 9.59 Å². The van der Waals surface area contributed by atoms with Crippen LogP contribution in [0.3, 0.4) is 0 Å². The molecule has 0 aliphatic heterocycles. The van der Waals surface area contributed by atoms with Crippen LogP contribution in [0, 0.1) is 0 Å². The van der Waals surface area contributed by atoms with Gasteiger partial charge in [-0.2, -0.15) is 0 Å². The Bertz CT molecular complexity index is 393. The number of ether oxygens (including phenoxy) is 1. The Morgan fingerprint density at radius 1 is 1.38 bits per heavy atom. The van der Waals surface area contributed by atoms with Gasteiger partial charge in [-0.15, -0.1) is 0 Å². The lowest BCUT2D eigenvalue weighted by atomic mass is 10.2. The normalized spacial score (nSPS) is 9.38. The fraction of sp³-hybridized carbons (Fsp3) is 0.200. The molecule has 0 aliphatic rings. The second kappa shape index (κ2) is 5.72. The average Bonchev–Trinajstić information content (AvgIpc) is 2.35. The van der Waals surface area contributed by atoms with Crippen molar-refractivity contribution in [3.8, 4) is 5.75 Å². The second-order valence-corrected chi connectivity index (χ2v) is 3.01. The number of hydrazine groups is 1. The van der Waals surface area contributed by atoms with Crippen LogP contribution in [-0.4, -0.2) is 18.9 Å². The number of carbonyl (C=O) groups is 2. The van der Waals surface area contributed by atoms with Crippen LogP contribution in [-0.2, 0) is 16.1 Å². The molecule has 6 nitrogen and oxygen atoms in total. The fourth-order valence-corrected chi connectivity index (χ4v) is 1.11. The maximum atomic E-state index is 11.1. The number of amides is 2. The van der Waals surface area contributed by atoms with Crippen LogP contribution in [0.15, 0.2) is 24.3 Å².